The van der Waals surface area contributed by atoms with E-state index in [4.69, 9.17) is 5.11 Å². The van der Waals surface area contributed by atoms with Gasteiger partial charge in [-0.3, -0.25) is 14.4 Å². The Balaban J connectivity index is 3.03. The minimum Gasteiger partial charge on any atom is -0.481 e. The number of anilines is 1. The number of aliphatic carboxylic acids is 1. The van der Waals surface area contributed by atoms with Crippen LogP contribution in [0, 0.1) is 5.92 Å². The van der Waals surface area contributed by atoms with Crippen molar-refractivity contribution in [3.8, 4) is 0 Å². The number of carbonyl (C=O) groups is 3. The summed E-state index contributed by atoms with van der Waals surface area (Å²) in [6.45, 7) is 2.71. The fourth-order valence-electron chi connectivity index (χ4n) is 2.18. The van der Waals surface area contributed by atoms with Gasteiger partial charge in [0.1, 0.15) is 0 Å². The molecule has 0 bridgehead atoms. The van der Waals surface area contributed by atoms with Gasteiger partial charge in [-0.05, 0) is 24.6 Å². The van der Waals surface area contributed by atoms with Crippen LogP contribution in [0.3, 0.4) is 0 Å². The smallest absolute Gasteiger partial charge is 0.416 e. The summed E-state index contributed by atoms with van der Waals surface area (Å²) in [5, 5.41) is 13.6. The SMILES string of the molecule is CCCC(CNC(=O)c1cc(NC(C)=O)cc(C(F)(F)F)c1)C(=O)O. The number of amides is 2. The molecule has 0 aliphatic carbocycles. The second-order valence-corrected chi connectivity index (χ2v) is 5.51. The lowest BCUT2D eigenvalue weighted by atomic mass is 10.0. The third-order valence-corrected chi connectivity index (χ3v) is 3.34. The van der Waals surface area contributed by atoms with Gasteiger partial charge in [0, 0.05) is 24.7 Å². The highest BCUT2D eigenvalue weighted by atomic mass is 19.4. The molecule has 0 fully saturated rings. The first-order chi connectivity index (χ1) is 11.5. The van der Waals surface area contributed by atoms with E-state index in [1.165, 1.54) is 0 Å². The fraction of sp³-hybridized carbons (Fsp3) is 0.438. The van der Waals surface area contributed by atoms with Crippen molar-refractivity contribution in [2.75, 3.05) is 11.9 Å². The molecule has 25 heavy (non-hydrogen) atoms. The minimum absolute atomic E-state index is 0.171. The molecule has 138 valence electrons. The van der Waals surface area contributed by atoms with E-state index in [-0.39, 0.29) is 17.8 Å². The van der Waals surface area contributed by atoms with Gasteiger partial charge >= 0.3 is 12.1 Å². The van der Waals surface area contributed by atoms with Gasteiger partial charge in [-0.2, -0.15) is 13.2 Å². The van der Waals surface area contributed by atoms with Gasteiger partial charge in [0.2, 0.25) is 5.91 Å². The Morgan fingerprint density at radius 3 is 2.32 bits per heavy atom. The van der Waals surface area contributed by atoms with E-state index >= 15 is 0 Å². The molecule has 6 nitrogen and oxygen atoms in total. The molecule has 3 N–H and O–H groups in total. The van der Waals surface area contributed by atoms with Crippen molar-refractivity contribution in [3.05, 3.63) is 29.3 Å². The molecule has 0 radical (unpaired) electrons. The lowest BCUT2D eigenvalue weighted by molar-refractivity contribution is -0.141. The maximum absolute atomic E-state index is 12.9. The number of hydrogen-bond donors (Lipinski definition) is 3. The van der Waals surface area contributed by atoms with Crippen molar-refractivity contribution in [3.63, 3.8) is 0 Å². The van der Waals surface area contributed by atoms with Crippen LogP contribution in [0.5, 0.6) is 0 Å². The Morgan fingerprint density at radius 2 is 1.84 bits per heavy atom. The van der Waals surface area contributed by atoms with E-state index in [1.54, 1.807) is 6.92 Å². The number of halogens is 3. The lowest BCUT2D eigenvalue weighted by Gasteiger charge is -2.15. The molecule has 1 unspecified atom stereocenters. The van der Waals surface area contributed by atoms with Gasteiger partial charge in [0.15, 0.2) is 0 Å². The number of alkyl halides is 3. The molecule has 0 spiro atoms. The van der Waals surface area contributed by atoms with Crippen LogP contribution >= 0.6 is 0 Å². The van der Waals surface area contributed by atoms with Gasteiger partial charge in [-0.15, -0.1) is 0 Å². The van der Waals surface area contributed by atoms with Crippen LogP contribution in [0.15, 0.2) is 18.2 Å². The number of carbonyl (C=O) groups excluding carboxylic acids is 2. The van der Waals surface area contributed by atoms with Gasteiger partial charge in [-0.25, -0.2) is 0 Å². The average molecular weight is 360 g/mol. The zero-order valence-electron chi connectivity index (χ0n) is 13.7. The Morgan fingerprint density at radius 1 is 1.20 bits per heavy atom. The molecule has 0 saturated heterocycles. The number of rotatable bonds is 7. The molecule has 0 aromatic heterocycles. The summed E-state index contributed by atoms with van der Waals surface area (Å²) in [6.07, 6.45) is -3.78. The molecule has 9 heteroatoms. The predicted octanol–water partition coefficient (Wildman–Crippen LogP) is 2.89. The number of carboxylic acid groups (broad SMARTS) is 1. The Bertz CT molecular complexity index is 659. The number of nitrogens with one attached hydrogen (secondary N) is 2. The molecule has 0 aliphatic rings. The number of carboxylic acids is 1. The van der Waals surface area contributed by atoms with Crippen LogP contribution < -0.4 is 10.6 Å². The molecule has 0 saturated carbocycles. The molecule has 1 atom stereocenters. The predicted molar refractivity (Wildman–Crippen MR) is 84.1 cm³/mol. The van der Waals surface area contributed by atoms with Crippen LogP contribution in [0.25, 0.3) is 0 Å². The van der Waals surface area contributed by atoms with Crippen molar-refractivity contribution < 1.29 is 32.7 Å². The van der Waals surface area contributed by atoms with Gasteiger partial charge in [0.25, 0.3) is 5.91 Å². The molecular formula is C16H19F3N2O4. The third-order valence-electron chi connectivity index (χ3n) is 3.34. The quantitative estimate of drug-likeness (QED) is 0.697. The van der Waals surface area contributed by atoms with Crippen molar-refractivity contribution in [1.82, 2.24) is 5.32 Å². The minimum atomic E-state index is -4.70. The molecule has 1 rings (SSSR count). The summed E-state index contributed by atoms with van der Waals surface area (Å²) in [7, 11) is 0. The molecule has 1 aromatic rings. The van der Waals surface area contributed by atoms with E-state index < -0.39 is 35.4 Å². The Labute approximate surface area is 142 Å². The molecule has 2 amide bonds. The second kappa shape index (κ2) is 8.50. The first kappa shape index (κ1) is 20.5. The Hall–Kier alpha value is -2.58. The van der Waals surface area contributed by atoms with Crippen LogP contribution in [0.2, 0.25) is 0 Å². The summed E-state index contributed by atoms with van der Waals surface area (Å²) in [5.41, 5.74) is -1.58. The highest BCUT2D eigenvalue weighted by Gasteiger charge is 2.32. The summed E-state index contributed by atoms with van der Waals surface area (Å²) >= 11 is 0. The summed E-state index contributed by atoms with van der Waals surface area (Å²) in [5.74, 6) is -3.35. The van der Waals surface area contributed by atoms with Gasteiger partial charge < -0.3 is 15.7 Å². The van der Waals surface area contributed by atoms with Crippen LogP contribution in [0.4, 0.5) is 18.9 Å². The van der Waals surface area contributed by atoms with Crippen molar-refractivity contribution >= 4 is 23.5 Å². The van der Waals surface area contributed by atoms with Crippen LogP contribution in [-0.2, 0) is 15.8 Å². The molecule has 1 aromatic carbocycles. The standard InChI is InChI=1S/C16H19F3N2O4/c1-3-4-10(15(24)25)8-20-14(23)11-5-12(16(17,18)19)7-13(6-11)21-9(2)22/h5-7,10H,3-4,8H2,1-2H3,(H,20,23)(H,21,22)(H,24,25). The zero-order chi connectivity index (χ0) is 19.2. The highest BCUT2D eigenvalue weighted by Crippen LogP contribution is 2.32. The normalized spacial score (nSPS) is 12.4. The summed E-state index contributed by atoms with van der Waals surface area (Å²) in [6, 6.07) is 2.47. The monoisotopic (exact) mass is 360 g/mol. The van der Waals surface area contributed by atoms with E-state index in [2.05, 4.69) is 10.6 Å². The second-order valence-electron chi connectivity index (χ2n) is 5.51. The van der Waals surface area contributed by atoms with Crippen LogP contribution in [-0.4, -0.2) is 29.4 Å². The van der Waals surface area contributed by atoms with Crippen LogP contribution in [0.1, 0.15) is 42.6 Å². The maximum Gasteiger partial charge on any atom is 0.416 e. The number of benzene rings is 1. The largest absolute Gasteiger partial charge is 0.481 e. The van der Waals surface area contributed by atoms with Gasteiger partial charge in [0.05, 0.1) is 11.5 Å². The first-order valence-corrected chi connectivity index (χ1v) is 7.55. The van der Waals surface area contributed by atoms with Crippen molar-refractivity contribution in [1.29, 1.82) is 0 Å². The average Bonchev–Trinajstić information content (AvgIpc) is 2.48. The highest BCUT2D eigenvalue weighted by molar-refractivity contribution is 5.97. The van der Waals surface area contributed by atoms with Crippen molar-refractivity contribution in [2.24, 2.45) is 5.92 Å². The molecule has 0 aliphatic heterocycles. The maximum atomic E-state index is 12.9. The van der Waals surface area contributed by atoms with Gasteiger partial charge in [-0.1, -0.05) is 13.3 Å². The third kappa shape index (κ3) is 6.44. The van der Waals surface area contributed by atoms with E-state index in [0.29, 0.717) is 18.9 Å². The number of hydrogen-bond acceptors (Lipinski definition) is 3. The fourth-order valence-corrected chi connectivity index (χ4v) is 2.18. The lowest BCUT2D eigenvalue weighted by Crippen LogP contribution is -2.33. The Kier molecular flexibility index (Phi) is 6.96. The van der Waals surface area contributed by atoms with E-state index in [1.807, 2.05) is 0 Å². The topological polar surface area (TPSA) is 95.5 Å². The molecular weight excluding hydrogens is 341 g/mol. The van der Waals surface area contributed by atoms with E-state index in [9.17, 15) is 27.6 Å². The summed E-state index contributed by atoms with van der Waals surface area (Å²) in [4.78, 5) is 34.2. The van der Waals surface area contributed by atoms with Crippen molar-refractivity contribution in [2.45, 2.75) is 32.9 Å². The van der Waals surface area contributed by atoms with E-state index in [0.717, 1.165) is 19.1 Å². The zero-order valence-corrected chi connectivity index (χ0v) is 13.7. The first-order valence-electron chi connectivity index (χ1n) is 7.55. The summed E-state index contributed by atoms with van der Waals surface area (Å²) < 4.78 is 38.8. The molecule has 0 heterocycles.